The quantitative estimate of drug-likeness (QED) is 0.729. The van der Waals surface area contributed by atoms with Gasteiger partial charge in [-0.1, -0.05) is 26.7 Å². The van der Waals surface area contributed by atoms with Gasteiger partial charge in [-0.25, -0.2) is 0 Å². The molecule has 0 unspecified atom stereocenters. The molecule has 1 rings (SSSR count). The van der Waals surface area contributed by atoms with Crippen molar-refractivity contribution in [2.45, 2.75) is 52.0 Å². The van der Waals surface area contributed by atoms with Gasteiger partial charge in [0.15, 0.2) is 0 Å². The highest BCUT2D eigenvalue weighted by molar-refractivity contribution is 5.73. The molecule has 88 valence electrons. The molecule has 15 heavy (non-hydrogen) atoms. The molecule has 1 aliphatic rings. The van der Waals surface area contributed by atoms with E-state index in [9.17, 15) is 4.79 Å². The summed E-state index contributed by atoms with van der Waals surface area (Å²) in [6.07, 6.45) is 5.78. The van der Waals surface area contributed by atoms with E-state index in [1.807, 2.05) is 0 Å². The summed E-state index contributed by atoms with van der Waals surface area (Å²) in [5, 5.41) is 0. The van der Waals surface area contributed by atoms with Gasteiger partial charge in [-0.05, 0) is 18.8 Å². The molecule has 0 atom stereocenters. The van der Waals surface area contributed by atoms with Gasteiger partial charge in [0, 0.05) is 25.6 Å². The van der Waals surface area contributed by atoms with Crippen molar-refractivity contribution in [2.24, 2.45) is 11.7 Å². The van der Waals surface area contributed by atoms with E-state index in [0.717, 1.165) is 13.1 Å². The minimum atomic E-state index is -0.179. The largest absolute Gasteiger partial charge is 0.370 e. The molecule has 0 radical (unpaired) electrons. The second-order valence-corrected chi connectivity index (χ2v) is 5.04. The van der Waals surface area contributed by atoms with Gasteiger partial charge >= 0.3 is 0 Å². The van der Waals surface area contributed by atoms with Crippen LogP contribution in [-0.2, 0) is 4.79 Å². The molecule has 1 saturated carbocycles. The molecule has 0 saturated heterocycles. The third kappa shape index (κ3) is 4.65. The smallest absolute Gasteiger partial charge is 0.218 e. The minimum absolute atomic E-state index is 0.179. The first-order valence-corrected chi connectivity index (χ1v) is 6.12. The van der Waals surface area contributed by atoms with Crippen LogP contribution in [0.1, 0.15) is 46.0 Å². The summed E-state index contributed by atoms with van der Waals surface area (Å²) < 4.78 is 0. The Bertz CT molecular complexity index is 198. The molecule has 0 aliphatic heterocycles. The molecule has 0 bridgehead atoms. The van der Waals surface area contributed by atoms with E-state index in [2.05, 4.69) is 18.7 Å². The van der Waals surface area contributed by atoms with Crippen LogP contribution in [-0.4, -0.2) is 29.9 Å². The van der Waals surface area contributed by atoms with Crippen LogP contribution in [0.15, 0.2) is 0 Å². The highest BCUT2D eigenvalue weighted by atomic mass is 16.1. The van der Waals surface area contributed by atoms with Crippen molar-refractivity contribution in [3.05, 3.63) is 0 Å². The fourth-order valence-corrected chi connectivity index (χ4v) is 2.42. The maximum atomic E-state index is 10.8. The van der Waals surface area contributed by atoms with Crippen LogP contribution in [0.2, 0.25) is 0 Å². The maximum absolute atomic E-state index is 10.8. The average Bonchev–Trinajstić information content (AvgIpc) is 2.63. The van der Waals surface area contributed by atoms with Crippen molar-refractivity contribution in [3.8, 4) is 0 Å². The van der Waals surface area contributed by atoms with E-state index in [4.69, 9.17) is 5.73 Å². The van der Waals surface area contributed by atoms with E-state index < -0.39 is 0 Å². The fraction of sp³-hybridized carbons (Fsp3) is 0.917. The molecule has 0 spiro atoms. The standard InChI is InChI=1S/C12H24N2O/c1-10(2)9-14(8-7-12(13)15)11-5-3-4-6-11/h10-11H,3-9H2,1-2H3,(H2,13,15). The first kappa shape index (κ1) is 12.5. The van der Waals surface area contributed by atoms with E-state index in [1.54, 1.807) is 0 Å². The molecule has 1 amide bonds. The Kier molecular flexibility index (Phi) is 5.09. The first-order valence-electron chi connectivity index (χ1n) is 6.12. The molecule has 1 aliphatic carbocycles. The fourth-order valence-electron chi connectivity index (χ4n) is 2.42. The summed E-state index contributed by atoms with van der Waals surface area (Å²) >= 11 is 0. The second kappa shape index (κ2) is 6.11. The zero-order valence-electron chi connectivity index (χ0n) is 10.0. The van der Waals surface area contributed by atoms with Gasteiger partial charge in [-0.2, -0.15) is 0 Å². The van der Waals surface area contributed by atoms with Gasteiger partial charge in [-0.3, -0.25) is 9.69 Å². The highest BCUT2D eigenvalue weighted by Crippen LogP contribution is 2.24. The molecule has 0 heterocycles. The predicted octanol–water partition coefficient (Wildman–Crippen LogP) is 1.76. The van der Waals surface area contributed by atoms with Crippen molar-refractivity contribution in [1.82, 2.24) is 4.90 Å². The van der Waals surface area contributed by atoms with E-state index in [0.29, 0.717) is 18.4 Å². The topological polar surface area (TPSA) is 46.3 Å². The lowest BCUT2D eigenvalue weighted by Gasteiger charge is -2.29. The summed E-state index contributed by atoms with van der Waals surface area (Å²) in [6.45, 7) is 6.40. The molecule has 2 N–H and O–H groups in total. The van der Waals surface area contributed by atoms with Gasteiger partial charge in [0.2, 0.25) is 5.91 Å². The minimum Gasteiger partial charge on any atom is -0.370 e. The van der Waals surface area contributed by atoms with Crippen LogP contribution < -0.4 is 5.73 Å². The van der Waals surface area contributed by atoms with Gasteiger partial charge in [0.05, 0.1) is 0 Å². The van der Waals surface area contributed by atoms with Crippen LogP contribution in [0, 0.1) is 5.92 Å². The van der Waals surface area contributed by atoms with Crippen molar-refractivity contribution in [1.29, 1.82) is 0 Å². The van der Waals surface area contributed by atoms with E-state index in [-0.39, 0.29) is 5.91 Å². The number of nitrogens with zero attached hydrogens (tertiary/aromatic N) is 1. The highest BCUT2D eigenvalue weighted by Gasteiger charge is 2.22. The number of carbonyl (C=O) groups is 1. The monoisotopic (exact) mass is 212 g/mol. The van der Waals surface area contributed by atoms with E-state index in [1.165, 1.54) is 25.7 Å². The lowest BCUT2D eigenvalue weighted by Crippen LogP contribution is -2.38. The summed E-state index contributed by atoms with van der Waals surface area (Å²) in [6, 6.07) is 0.701. The summed E-state index contributed by atoms with van der Waals surface area (Å²) in [5.74, 6) is 0.486. The number of hydrogen-bond donors (Lipinski definition) is 1. The lowest BCUT2D eigenvalue weighted by molar-refractivity contribution is -0.118. The third-order valence-electron chi connectivity index (χ3n) is 3.09. The van der Waals surface area contributed by atoms with Gasteiger partial charge in [-0.15, -0.1) is 0 Å². The molecular formula is C12H24N2O. The van der Waals surface area contributed by atoms with Crippen LogP contribution >= 0.6 is 0 Å². The molecule has 0 aromatic rings. The Morgan fingerprint density at radius 2 is 2.00 bits per heavy atom. The summed E-state index contributed by atoms with van der Waals surface area (Å²) in [5.41, 5.74) is 5.20. The van der Waals surface area contributed by atoms with Crippen LogP contribution in [0.4, 0.5) is 0 Å². The van der Waals surface area contributed by atoms with Crippen LogP contribution in [0.3, 0.4) is 0 Å². The van der Waals surface area contributed by atoms with Crippen molar-refractivity contribution >= 4 is 5.91 Å². The van der Waals surface area contributed by atoms with Gasteiger partial charge < -0.3 is 5.73 Å². The average molecular weight is 212 g/mol. The maximum Gasteiger partial charge on any atom is 0.218 e. The zero-order valence-corrected chi connectivity index (χ0v) is 10.0. The number of amides is 1. The molecule has 3 heteroatoms. The number of rotatable bonds is 6. The van der Waals surface area contributed by atoms with Crippen molar-refractivity contribution < 1.29 is 4.79 Å². The Hall–Kier alpha value is -0.570. The Balaban J connectivity index is 2.40. The number of primary amides is 1. The Morgan fingerprint density at radius 1 is 1.40 bits per heavy atom. The number of hydrogen-bond acceptors (Lipinski definition) is 2. The molecule has 3 nitrogen and oxygen atoms in total. The van der Waals surface area contributed by atoms with Crippen molar-refractivity contribution in [2.75, 3.05) is 13.1 Å². The van der Waals surface area contributed by atoms with Crippen LogP contribution in [0.25, 0.3) is 0 Å². The SMILES string of the molecule is CC(C)CN(CCC(N)=O)C1CCCC1. The summed E-state index contributed by atoms with van der Waals surface area (Å²) in [7, 11) is 0. The van der Waals surface area contributed by atoms with Gasteiger partial charge in [0.1, 0.15) is 0 Å². The molecule has 1 fully saturated rings. The zero-order chi connectivity index (χ0) is 11.3. The first-order chi connectivity index (χ1) is 7.09. The predicted molar refractivity (Wildman–Crippen MR) is 62.5 cm³/mol. The molecule has 0 aromatic heterocycles. The van der Waals surface area contributed by atoms with Crippen LogP contribution in [0.5, 0.6) is 0 Å². The Labute approximate surface area is 93.0 Å². The van der Waals surface area contributed by atoms with Crippen molar-refractivity contribution in [3.63, 3.8) is 0 Å². The normalized spacial score (nSPS) is 17.9. The molecular weight excluding hydrogens is 188 g/mol. The third-order valence-corrected chi connectivity index (χ3v) is 3.09. The van der Waals surface area contributed by atoms with Gasteiger partial charge in [0.25, 0.3) is 0 Å². The summed E-state index contributed by atoms with van der Waals surface area (Å²) in [4.78, 5) is 13.3. The molecule has 0 aromatic carbocycles. The number of nitrogens with two attached hydrogens (primary N) is 1. The van der Waals surface area contributed by atoms with E-state index >= 15 is 0 Å². The number of carbonyl (C=O) groups excluding carboxylic acids is 1. The Morgan fingerprint density at radius 3 is 2.47 bits per heavy atom. The lowest BCUT2D eigenvalue weighted by atomic mass is 10.1. The second-order valence-electron chi connectivity index (χ2n) is 5.04.